The summed E-state index contributed by atoms with van der Waals surface area (Å²) in [6, 6.07) is 9.84. The van der Waals surface area contributed by atoms with Crippen LogP contribution in [-0.2, 0) is 15.9 Å². The molecule has 0 aliphatic carbocycles. The molecule has 1 aromatic carbocycles. The van der Waals surface area contributed by atoms with Crippen LogP contribution in [-0.4, -0.2) is 52.2 Å². The molecule has 0 aromatic heterocycles. The highest BCUT2D eigenvalue weighted by Gasteiger charge is 2.45. The van der Waals surface area contributed by atoms with Gasteiger partial charge in [0.05, 0.1) is 11.7 Å². The molecule has 2 rings (SSSR count). The predicted octanol–water partition coefficient (Wildman–Crippen LogP) is 5.61. The topological polar surface area (TPSA) is 71.4 Å². The number of amides is 2. The molecule has 1 atom stereocenters. The SMILES string of the molecule is CC(C)C1/C(=C/Cc2ccccc2)N(C(=O)OC(C)(C)C)/C(=N/C(=O)OC(C)(C)C)N1C. The van der Waals surface area contributed by atoms with Gasteiger partial charge in [0.2, 0.25) is 5.96 Å². The fraction of sp³-hybridized carbons (Fsp3) is 0.560. The molecular weight excluding hydrogens is 406 g/mol. The van der Waals surface area contributed by atoms with Gasteiger partial charge in [-0.25, -0.2) is 14.5 Å². The average Bonchev–Trinajstić information content (AvgIpc) is 2.89. The van der Waals surface area contributed by atoms with Crippen LogP contribution in [0.1, 0.15) is 61.0 Å². The molecular formula is C25H37N3O4. The van der Waals surface area contributed by atoms with Crippen molar-refractivity contribution >= 4 is 18.1 Å². The fourth-order valence-electron chi connectivity index (χ4n) is 3.56. The van der Waals surface area contributed by atoms with Crippen molar-refractivity contribution in [3.8, 4) is 0 Å². The second kappa shape index (κ2) is 9.76. The first-order valence-electron chi connectivity index (χ1n) is 11.0. The number of aliphatic imine (C=N–C) groups is 1. The highest BCUT2D eigenvalue weighted by Crippen LogP contribution is 2.32. The van der Waals surface area contributed by atoms with Crippen LogP contribution in [0.25, 0.3) is 0 Å². The van der Waals surface area contributed by atoms with Crippen LogP contribution >= 0.6 is 0 Å². The number of guanidine groups is 1. The minimum Gasteiger partial charge on any atom is -0.443 e. The van der Waals surface area contributed by atoms with Gasteiger partial charge in [-0.3, -0.25) is 0 Å². The average molecular weight is 444 g/mol. The molecule has 7 heteroatoms. The molecule has 1 fully saturated rings. The summed E-state index contributed by atoms with van der Waals surface area (Å²) in [6.07, 6.45) is 1.32. The van der Waals surface area contributed by atoms with E-state index in [1.165, 1.54) is 4.90 Å². The maximum atomic E-state index is 13.3. The Morgan fingerprint density at radius 3 is 2.09 bits per heavy atom. The Morgan fingerprint density at radius 2 is 1.59 bits per heavy atom. The first-order chi connectivity index (χ1) is 14.7. The second-order valence-corrected chi connectivity index (χ2v) is 10.3. The quantitative estimate of drug-likeness (QED) is 0.607. The van der Waals surface area contributed by atoms with Crippen molar-refractivity contribution in [3.63, 3.8) is 0 Å². The number of nitrogens with zero attached hydrogens (tertiary/aromatic N) is 3. The molecule has 2 amide bonds. The van der Waals surface area contributed by atoms with E-state index in [2.05, 4.69) is 18.8 Å². The Balaban J connectivity index is 2.55. The monoisotopic (exact) mass is 443 g/mol. The summed E-state index contributed by atoms with van der Waals surface area (Å²) in [7, 11) is 1.83. The highest BCUT2D eigenvalue weighted by atomic mass is 16.6. The van der Waals surface area contributed by atoms with Gasteiger partial charge in [-0.15, -0.1) is 4.99 Å². The van der Waals surface area contributed by atoms with Gasteiger partial charge in [0.15, 0.2) is 0 Å². The second-order valence-electron chi connectivity index (χ2n) is 10.3. The number of allylic oxidation sites excluding steroid dienone is 1. The van der Waals surface area contributed by atoms with Crippen molar-refractivity contribution < 1.29 is 19.1 Å². The van der Waals surface area contributed by atoms with Gasteiger partial charge in [-0.05, 0) is 59.4 Å². The summed E-state index contributed by atoms with van der Waals surface area (Å²) in [6.45, 7) is 14.9. The Labute approximate surface area is 192 Å². The largest absolute Gasteiger partial charge is 0.443 e. The third-order valence-corrected chi connectivity index (χ3v) is 4.68. The van der Waals surface area contributed by atoms with Gasteiger partial charge in [0.1, 0.15) is 11.2 Å². The summed E-state index contributed by atoms with van der Waals surface area (Å²) < 4.78 is 11.1. The lowest BCUT2D eigenvalue weighted by Crippen LogP contribution is -2.40. The van der Waals surface area contributed by atoms with Crippen LogP contribution in [0.5, 0.6) is 0 Å². The van der Waals surface area contributed by atoms with E-state index < -0.39 is 23.4 Å². The van der Waals surface area contributed by atoms with Gasteiger partial charge in [0.25, 0.3) is 0 Å². The summed E-state index contributed by atoms with van der Waals surface area (Å²) in [5.41, 5.74) is 0.459. The summed E-state index contributed by atoms with van der Waals surface area (Å²) in [5.74, 6) is 0.352. The van der Waals surface area contributed by atoms with E-state index in [9.17, 15) is 9.59 Å². The van der Waals surface area contributed by atoms with Gasteiger partial charge in [-0.1, -0.05) is 50.3 Å². The van der Waals surface area contributed by atoms with E-state index >= 15 is 0 Å². The Morgan fingerprint density at radius 1 is 1.03 bits per heavy atom. The maximum Gasteiger partial charge on any atom is 0.437 e. The van der Waals surface area contributed by atoms with Crippen LogP contribution in [0.3, 0.4) is 0 Å². The number of carbonyl (C=O) groups excluding carboxylic acids is 2. The molecule has 1 heterocycles. The van der Waals surface area contributed by atoms with Crippen LogP contribution in [0.15, 0.2) is 47.1 Å². The highest BCUT2D eigenvalue weighted by molar-refractivity contribution is 6.03. The molecule has 0 spiro atoms. The molecule has 0 bridgehead atoms. The number of likely N-dealkylation sites (N-methyl/N-ethyl adjacent to an activating group) is 1. The third kappa shape index (κ3) is 6.84. The fourth-order valence-corrected chi connectivity index (χ4v) is 3.56. The van der Waals surface area contributed by atoms with E-state index in [-0.39, 0.29) is 17.9 Å². The van der Waals surface area contributed by atoms with Crippen molar-refractivity contribution in [2.75, 3.05) is 7.05 Å². The normalized spacial score (nSPS) is 19.8. The molecule has 7 nitrogen and oxygen atoms in total. The number of carbonyl (C=O) groups is 2. The number of benzene rings is 1. The minimum atomic E-state index is -0.750. The van der Waals surface area contributed by atoms with E-state index in [0.29, 0.717) is 6.42 Å². The zero-order valence-corrected chi connectivity index (χ0v) is 20.8. The van der Waals surface area contributed by atoms with Crippen molar-refractivity contribution in [3.05, 3.63) is 47.7 Å². The number of ether oxygens (including phenoxy) is 2. The molecule has 0 N–H and O–H groups in total. The van der Waals surface area contributed by atoms with Crippen molar-refractivity contribution in [1.29, 1.82) is 0 Å². The smallest absolute Gasteiger partial charge is 0.437 e. The maximum absolute atomic E-state index is 13.3. The van der Waals surface area contributed by atoms with Gasteiger partial charge in [-0.2, -0.15) is 0 Å². The van der Waals surface area contributed by atoms with E-state index in [4.69, 9.17) is 9.47 Å². The molecule has 1 aliphatic heterocycles. The molecule has 1 saturated heterocycles. The summed E-state index contributed by atoms with van der Waals surface area (Å²) in [4.78, 5) is 33.2. The van der Waals surface area contributed by atoms with Crippen LogP contribution in [0.4, 0.5) is 9.59 Å². The van der Waals surface area contributed by atoms with Gasteiger partial charge in [0, 0.05) is 7.05 Å². The van der Waals surface area contributed by atoms with Crippen molar-refractivity contribution in [2.45, 2.75) is 79.1 Å². The molecule has 176 valence electrons. The summed E-state index contributed by atoms with van der Waals surface area (Å²) >= 11 is 0. The van der Waals surface area contributed by atoms with E-state index in [1.807, 2.05) is 69.1 Å². The predicted molar refractivity (Wildman–Crippen MR) is 126 cm³/mol. The van der Waals surface area contributed by atoms with Crippen molar-refractivity contribution in [2.24, 2.45) is 10.9 Å². The summed E-state index contributed by atoms with van der Waals surface area (Å²) in [5, 5.41) is 0. The number of hydrogen-bond acceptors (Lipinski definition) is 4. The lowest BCUT2D eigenvalue weighted by molar-refractivity contribution is 0.0412. The Kier molecular flexibility index (Phi) is 7.75. The molecule has 0 saturated carbocycles. The molecule has 32 heavy (non-hydrogen) atoms. The number of hydrogen-bond donors (Lipinski definition) is 0. The lowest BCUT2D eigenvalue weighted by atomic mass is 9.99. The minimum absolute atomic E-state index is 0.151. The standard InChI is InChI=1S/C25H37N3O4/c1-17(2)20-19(16-15-18-13-11-10-12-14-18)28(23(30)32-25(6,7)8)21(27(20)9)26-22(29)31-24(3,4)5/h10-14,16-17,20H,15H2,1-9H3/b19-16-,26-21+. The Bertz CT molecular complexity index is 877. The zero-order chi connectivity index (χ0) is 24.3. The third-order valence-electron chi connectivity index (χ3n) is 4.68. The van der Waals surface area contributed by atoms with Gasteiger partial charge >= 0.3 is 12.2 Å². The van der Waals surface area contributed by atoms with Gasteiger partial charge < -0.3 is 14.4 Å². The van der Waals surface area contributed by atoms with E-state index in [0.717, 1.165) is 11.3 Å². The molecule has 1 aromatic rings. The first kappa shape index (κ1) is 25.4. The number of rotatable bonds is 3. The molecule has 1 aliphatic rings. The van der Waals surface area contributed by atoms with Crippen molar-refractivity contribution in [1.82, 2.24) is 9.80 Å². The Hall–Kier alpha value is -2.83. The first-order valence-corrected chi connectivity index (χ1v) is 11.0. The van der Waals surface area contributed by atoms with Crippen LogP contribution in [0, 0.1) is 5.92 Å². The van der Waals surface area contributed by atoms with Crippen LogP contribution < -0.4 is 0 Å². The molecule has 1 unspecified atom stereocenters. The lowest BCUT2D eigenvalue weighted by Gasteiger charge is -2.25. The zero-order valence-electron chi connectivity index (χ0n) is 20.8. The molecule has 0 radical (unpaired) electrons. The van der Waals surface area contributed by atoms with Crippen LogP contribution in [0.2, 0.25) is 0 Å². The van der Waals surface area contributed by atoms with E-state index in [1.54, 1.807) is 20.8 Å².